The Kier molecular flexibility index (Phi) is 7.48. The van der Waals surface area contributed by atoms with E-state index in [0.29, 0.717) is 49.0 Å². The van der Waals surface area contributed by atoms with E-state index < -0.39 is 6.04 Å². The second-order valence-electron chi connectivity index (χ2n) is 7.57. The average molecular weight is 656 g/mol. The first kappa shape index (κ1) is 24.9. The van der Waals surface area contributed by atoms with Gasteiger partial charge in [0.05, 0.1) is 27.4 Å². The summed E-state index contributed by atoms with van der Waals surface area (Å²) in [6.45, 7) is 6.81. The Labute approximate surface area is 222 Å². The first-order chi connectivity index (χ1) is 16.3. The first-order valence-corrected chi connectivity index (χ1v) is 13.4. The number of carbonyl (C=O) groups is 1. The molecule has 0 unspecified atom stereocenters. The topological polar surface area (TPSA) is 77.0 Å². The number of allylic oxidation sites excluding steroid dienone is 1. The summed E-state index contributed by atoms with van der Waals surface area (Å²) in [5.41, 5.74) is 1.57. The van der Waals surface area contributed by atoms with Crippen LogP contribution in [0.2, 0.25) is 0 Å². The van der Waals surface area contributed by atoms with Crippen molar-refractivity contribution in [1.29, 1.82) is 0 Å². The summed E-state index contributed by atoms with van der Waals surface area (Å²) in [6, 6.07) is 8.63. The molecule has 178 valence electrons. The van der Waals surface area contributed by atoms with Gasteiger partial charge < -0.3 is 14.1 Å². The number of furan rings is 1. The molecule has 0 fully saturated rings. The van der Waals surface area contributed by atoms with Gasteiger partial charge in [-0.25, -0.2) is 4.99 Å². The fourth-order valence-corrected chi connectivity index (χ4v) is 5.77. The minimum Gasteiger partial charge on any atom is -0.496 e. The van der Waals surface area contributed by atoms with Crippen LogP contribution in [0.25, 0.3) is 6.08 Å². The van der Waals surface area contributed by atoms with Gasteiger partial charge in [0.25, 0.3) is 11.5 Å². The van der Waals surface area contributed by atoms with Gasteiger partial charge >= 0.3 is 0 Å². The van der Waals surface area contributed by atoms with E-state index >= 15 is 0 Å². The maximum Gasteiger partial charge on any atom is 0.271 e. The predicted octanol–water partition coefficient (Wildman–Crippen LogP) is 4.07. The minimum absolute atomic E-state index is 0.138. The number of likely N-dealkylation sites (N-methyl/N-ethyl adjacent to an activating group) is 1. The molecule has 0 saturated heterocycles. The van der Waals surface area contributed by atoms with Crippen molar-refractivity contribution in [1.82, 2.24) is 9.47 Å². The number of thiazole rings is 1. The van der Waals surface area contributed by atoms with Crippen LogP contribution in [0.1, 0.15) is 38.1 Å². The molecule has 10 heteroatoms. The predicted molar refractivity (Wildman–Crippen MR) is 144 cm³/mol. The van der Waals surface area contributed by atoms with E-state index in [-0.39, 0.29) is 11.5 Å². The second-order valence-corrected chi connectivity index (χ2v) is 10.4. The zero-order valence-electron chi connectivity index (χ0n) is 19.1. The van der Waals surface area contributed by atoms with Crippen LogP contribution >= 0.6 is 49.9 Å². The summed E-state index contributed by atoms with van der Waals surface area (Å²) in [6.07, 6.45) is 1.71. The molecule has 1 amide bonds. The van der Waals surface area contributed by atoms with Gasteiger partial charge in [0, 0.05) is 47.3 Å². The summed E-state index contributed by atoms with van der Waals surface area (Å²) < 4.78 is 14.9. The van der Waals surface area contributed by atoms with E-state index in [1.165, 1.54) is 11.3 Å². The lowest BCUT2D eigenvalue weighted by Gasteiger charge is -2.29. The highest BCUT2D eigenvalue weighted by Gasteiger charge is 2.35. The third kappa shape index (κ3) is 4.42. The van der Waals surface area contributed by atoms with Gasteiger partial charge in [-0.2, -0.15) is 0 Å². The highest BCUT2D eigenvalue weighted by molar-refractivity contribution is 14.1. The smallest absolute Gasteiger partial charge is 0.271 e. The summed E-state index contributed by atoms with van der Waals surface area (Å²) >= 11 is 6.79. The van der Waals surface area contributed by atoms with Crippen molar-refractivity contribution >= 4 is 61.8 Å². The van der Waals surface area contributed by atoms with Gasteiger partial charge in [-0.05, 0) is 48.8 Å². The highest BCUT2D eigenvalue weighted by Crippen LogP contribution is 2.36. The SMILES string of the molecule is CCN(CC)C(=O)C1=C(C)N=c2s/c(=C/c3cc(Br)c(I)o3)c(=O)n2[C@H]1c1ccccc1OC. The number of para-hydroxylation sites is 1. The maximum absolute atomic E-state index is 13.7. The van der Waals surface area contributed by atoms with Crippen molar-refractivity contribution < 1.29 is 13.9 Å². The van der Waals surface area contributed by atoms with Gasteiger partial charge in [0.15, 0.2) is 8.57 Å². The number of fused-ring (bicyclic) bond motifs is 1. The van der Waals surface area contributed by atoms with Crippen LogP contribution in [-0.4, -0.2) is 35.6 Å². The highest BCUT2D eigenvalue weighted by atomic mass is 127. The van der Waals surface area contributed by atoms with Crippen molar-refractivity contribution in [3.8, 4) is 5.75 Å². The number of hydrogen-bond acceptors (Lipinski definition) is 6. The van der Waals surface area contributed by atoms with E-state index in [4.69, 9.17) is 9.15 Å². The molecule has 2 aromatic heterocycles. The number of rotatable bonds is 6. The largest absolute Gasteiger partial charge is 0.496 e. The zero-order chi connectivity index (χ0) is 24.6. The molecule has 0 saturated carbocycles. The summed E-state index contributed by atoms with van der Waals surface area (Å²) in [5, 5.41) is 0. The van der Waals surface area contributed by atoms with E-state index in [2.05, 4.69) is 43.5 Å². The Morgan fingerprint density at radius 2 is 2.06 bits per heavy atom. The molecule has 34 heavy (non-hydrogen) atoms. The molecule has 0 bridgehead atoms. The zero-order valence-corrected chi connectivity index (χ0v) is 23.7. The Morgan fingerprint density at radius 1 is 1.35 bits per heavy atom. The summed E-state index contributed by atoms with van der Waals surface area (Å²) in [5.74, 6) is 1.03. The molecule has 3 heterocycles. The third-order valence-corrected chi connectivity index (χ3v) is 8.79. The molecular formula is C24H23BrIN3O4S. The molecule has 1 aromatic carbocycles. The van der Waals surface area contributed by atoms with E-state index in [9.17, 15) is 9.59 Å². The van der Waals surface area contributed by atoms with Crippen LogP contribution in [0.15, 0.2) is 60.3 Å². The van der Waals surface area contributed by atoms with Gasteiger partial charge in [-0.1, -0.05) is 29.5 Å². The number of carbonyl (C=O) groups excluding carboxylic acids is 1. The van der Waals surface area contributed by atoms with Gasteiger partial charge in [-0.15, -0.1) is 0 Å². The van der Waals surface area contributed by atoms with Crippen molar-refractivity contribution in [3.05, 3.63) is 80.9 Å². The van der Waals surface area contributed by atoms with Crippen LogP contribution in [-0.2, 0) is 4.79 Å². The number of methoxy groups -OCH3 is 1. The summed E-state index contributed by atoms with van der Waals surface area (Å²) in [7, 11) is 1.58. The molecule has 1 aliphatic rings. The lowest BCUT2D eigenvalue weighted by molar-refractivity contribution is -0.127. The normalized spacial score (nSPS) is 15.8. The molecule has 0 radical (unpaired) electrons. The molecule has 4 rings (SSSR count). The minimum atomic E-state index is -0.661. The lowest BCUT2D eigenvalue weighted by Crippen LogP contribution is -2.43. The molecule has 0 spiro atoms. The fourth-order valence-electron chi connectivity index (χ4n) is 4.03. The second kappa shape index (κ2) is 10.2. The molecule has 1 atom stereocenters. The number of amides is 1. The standard InChI is InChI=1S/C24H23BrIN3O4S/c1-5-28(6-2)23(31)19-13(3)27-24-29(20(19)15-9-7-8-10-17(15)32-4)22(30)18(34-24)12-14-11-16(25)21(26)33-14/h7-12,20H,5-6H2,1-4H3/b18-12+/t20-/m0/s1. The quantitative estimate of drug-likeness (QED) is 0.375. The Morgan fingerprint density at radius 3 is 2.68 bits per heavy atom. The van der Waals surface area contributed by atoms with Crippen molar-refractivity contribution in [2.45, 2.75) is 26.8 Å². The van der Waals surface area contributed by atoms with Gasteiger partial charge in [0.1, 0.15) is 17.6 Å². The van der Waals surface area contributed by atoms with Crippen molar-refractivity contribution in [3.63, 3.8) is 0 Å². The number of ether oxygens (including phenoxy) is 1. The van der Waals surface area contributed by atoms with Crippen LogP contribution in [0.5, 0.6) is 5.75 Å². The average Bonchev–Trinajstić information content (AvgIpc) is 3.30. The van der Waals surface area contributed by atoms with Crippen LogP contribution in [0.3, 0.4) is 0 Å². The van der Waals surface area contributed by atoms with Gasteiger partial charge in [0.2, 0.25) is 0 Å². The van der Waals surface area contributed by atoms with Crippen LogP contribution < -0.4 is 19.6 Å². The Bertz CT molecular complexity index is 1450. The van der Waals surface area contributed by atoms with E-state index in [0.717, 1.165) is 10.0 Å². The van der Waals surface area contributed by atoms with Crippen molar-refractivity contribution in [2.75, 3.05) is 20.2 Å². The number of hydrogen-bond donors (Lipinski definition) is 0. The van der Waals surface area contributed by atoms with Gasteiger partial charge in [-0.3, -0.25) is 14.2 Å². The molecule has 3 aromatic rings. The maximum atomic E-state index is 13.7. The fraction of sp³-hybridized carbons (Fsp3) is 0.292. The molecule has 0 N–H and O–H groups in total. The number of aromatic nitrogens is 1. The number of benzene rings is 1. The number of halogens is 2. The van der Waals surface area contributed by atoms with E-state index in [1.54, 1.807) is 22.7 Å². The van der Waals surface area contributed by atoms with Crippen LogP contribution in [0, 0.1) is 3.77 Å². The molecule has 1 aliphatic heterocycles. The number of nitrogens with zero attached hydrogens (tertiary/aromatic N) is 3. The molecule has 0 aliphatic carbocycles. The lowest BCUT2D eigenvalue weighted by atomic mass is 9.94. The molecule has 7 nitrogen and oxygen atoms in total. The van der Waals surface area contributed by atoms with E-state index in [1.807, 2.05) is 51.1 Å². The monoisotopic (exact) mass is 655 g/mol. The Balaban J connectivity index is 2.00. The molecular weight excluding hydrogens is 633 g/mol. The first-order valence-electron chi connectivity index (χ1n) is 10.7. The summed E-state index contributed by atoms with van der Waals surface area (Å²) in [4.78, 5) is 34.3. The third-order valence-electron chi connectivity index (χ3n) is 5.67. The van der Waals surface area contributed by atoms with Crippen molar-refractivity contribution in [2.24, 2.45) is 4.99 Å². The Hall–Kier alpha value is -2.18. The van der Waals surface area contributed by atoms with Crippen LogP contribution in [0.4, 0.5) is 0 Å².